The fourth-order valence-corrected chi connectivity index (χ4v) is 4.05. The predicted molar refractivity (Wildman–Crippen MR) is 86.9 cm³/mol. The third-order valence-corrected chi connectivity index (χ3v) is 5.39. The van der Waals surface area contributed by atoms with Gasteiger partial charge >= 0.3 is 0 Å². The molecule has 1 atom stereocenters. The summed E-state index contributed by atoms with van der Waals surface area (Å²) in [6.07, 6.45) is 8.75. The maximum Gasteiger partial charge on any atom is 0.223 e. The summed E-state index contributed by atoms with van der Waals surface area (Å²) in [5.41, 5.74) is 0. The van der Waals surface area contributed by atoms with Gasteiger partial charge in [-0.15, -0.1) is 0 Å². The zero-order chi connectivity index (χ0) is 15.2. The van der Waals surface area contributed by atoms with Crippen molar-refractivity contribution in [1.82, 2.24) is 15.1 Å². The molecule has 0 aromatic heterocycles. The number of hydrogen-bond acceptors (Lipinski definition) is 4. The smallest absolute Gasteiger partial charge is 0.223 e. The molecule has 3 rings (SSSR count). The summed E-state index contributed by atoms with van der Waals surface area (Å²) in [6.45, 7) is 6.47. The predicted octanol–water partition coefficient (Wildman–Crippen LogP) is 1.23. The highest BCUT2D eigenvalue weighted by Crippen LogP contribution is 2.25. The van der Waals surface area contributed by atoms with E-state index in [0.717, 1.165) is 45.9 Å². The number of piperazine rings is 1. The van der Waals surface area contributed by atoms with Gasteiger partial charge in [0.25, 0.3) is 0 Å². The van der Waals surface area contributed by atoms with E-state index in [4.69, 9.17) is 4.74 Å². The molecule has 5 nitrogen and oxygen atoms in total. The molecule has 2 saturated heterocycles. The average molecular weight is 309 g/mol. The van der Waals surface area contributed by atoms with Crippen LogP contribution in [-0.4, -0.2) is 73.7 Å². The second-order valence-electron chi connectivity index (χ2n) is 6.95. The lowest BCUT2D eigenvalue weighted by Gasteiger charge is -2.32. The number of amides is 1. The lowest BCUT2D eigenvalue weighted by Crippen LogP contribution is -2.48. The maximum absolute atomic E-state index is 12.4. The molecule has 1 amide bonds. The topological polar surface area (TPSA) is 44.8 Å². The van der Waals surface area contributed by atoms with E-state index in [1.165, 1.54) is 38.5 Å². The normalized spacial score (nSPS) is 27.0. The number of ether oxygens (including phenoxy) is 1. The number of nitrogens with zero attached hydrogens (tertiary/aromatic N) is 2. The third kappa shape index (κ3) is 4.43. The van der Waals surface area contributed by atoms with Crippen LogP contribution in [0, 0.1) is 0 Å². The first-order chi connectivity index (χ1) is 10.8. The Morgan fingerprint density at radius 3 is 2.59 bits per heavy atom. The van der Waals surface area contributed by atoms with E-state index < -0.39 is 0 Å². The highest BCUT2D eigenvalue weighted by Gasteiger charge is 2.27. The Morgan fingerprint density at radius 2 is 1.91 bits per heavy atom. The van der Waals surface area contributed by atoms with Crippen molar-refractivity contribution in [3.63, 3.8) is 0 Å². The molecule has 3 aliphatic rings. The first-order valence-electron chi connectivity index (χ1n) is 9.17. The summed E-state index contributed by atoms with van der Waals surface area (Å²) < 4.78 is 5.82. The molecule has 0 aromatic carbocycles. The fourth-order valence-electron chi connectivity index (χ4n) is 4.05. The molecular formula is C17H31N3O2. The van der Waals surface area contributed by atoms with Crippen molar-refractivity contribution in [3.8, 4) is 0 Å². The van der Waals surface area contributed by atoms with Crippen molar-refractivity contribution in [2.75, 3.05) is 45.9 Å². The van der Waals surface area contributed by atoms with E-state index in [2.05, 4.69) is 10.2 Å². The average Bonchev–Trinajstić information content (AvgIpc) is 3.25. The molecule has 1 aliphatic carbocycles. The van der Waals surface area contributed by atoms with Crippen molar-refractivity contribution < 1.29 is 9.53 Å². The largest absolute Gasteiger partial charge is 0.377 e. The minimum absolute atomic E-state index is 0.330. The van der Waals surface area contributed by atoms with E-state index >= 15 is 0 Å². The van der Waals surface area contributed by atoms with Gasteiger partial charge in [-0.3, -0.25) is 9.69 Å². The van der Waals surface area contributed by atoms with E-state index in [0.29, 0.717) is 24.5 Å². The molecule has 5 heteroatoms. The summed E-state index contributed by atoms with van der Waals surface area (Å²) in [6, 6.07) is 0.681. The van der Waals surface area contributed by atoms with Gasteiger partial charge in [0.1, 0.15) is 0 Å². The standard InChI is InChI=1S/C17H31N3O2/c21-17(19-11-8-18-9-12-19)7-10-20(15-4-1-2-5-15)14-16-6-3-13-22-16/h15-16,18H,1-14H2. The van der Waals surface area contributed by atoms with Gasteiger partial charge in [0.05, 0.1) is 6.10 Å². The minimum Gasteiger partial charge on any atom is -0.377 e. The van der Waals surface area contributed by atoms with Crippen LogP contribution in [0.3, 0.4) is 0 Å². The molecule has 1 N–H and O–H groups in total. The Balaban J connectivity index is 1.48. The second-order valence-corrected chi connectivity index (χ2v) is 6.95. The van der Waals surface area contributed by atoms with E-state index in [9.17, 15) is 4.79 Å². The van der Waals surface area contributed by atoms with Crippen molar-refractivity contribution >= 4 is 5.91 Å². The van der Waals surface area contributed by atoms with Crippen LogP contribution in [0.25, 0.3) is 0 Å². The van der Waals surface area contributed by atoms with Gasteiger partial charge in [-0.25, -0.2) is 0 Å². The fraction of sp³-hybridized carbons (Fsp3) is 0.941. The summed E-state index contributed by atoms with van der Waals surface area (Å²) in [5.74, 6) is 0.330. The Kier molecular flexibility index (Phi) is 6.10. The van der Waals surface area contributed by atoms with Gasteiger partial charge in [-0.1, -0.05) is 12.8 Å². The first kappa shape index (κ1) is 16.2. The van der Waals surface area contributed by atoms with Crippen LogP contribution < -0.4 is 5.32 Å². The zero-order valence-corrected chi connectivity index (χ0v) is 13.8. The second kappa shape index (κ2) is 8.27. The maximum atomic E-state index is 12.4. The molecule has 0 bridgehead atoms. The Bertz CT molecular complexity index is 346. The molecule has 1 saturated carbocycles. The minimum atomic E-state index is 0.330. The molecular weight excluding hydrogens is 278 g/mol. The molecule has 0 aromatic rings. The van der Waals surface area contributed by atoms with Crippen LogP contribution in [0.15, 0.2) is 0 Å². The molecule has 126 valence electrons. The van der Waals surface area contributed by atoms with Crippen molar-refractivity contribution in [3.05, 3.63) is 0 Å². The summed E-state index contributed by atoms with van der Waals surface area (Å²) in [4.78, 5) is 17.0. The highest BCUT2D eigenvalue weighted by molar-refractivity contribution is 5.76. The van der Waals surface area contributed by atoms with E-state index in [1.807, 2.05) is 4.90 Å². The number of nitrogens with one attached hydrogen (secondary N) is 1. The zero-order valence-electron chi connectivity index (χ0n) is 13.8. The SMILES string of the molecule is O=C(CCN(CC1CCCO1)C1CCCC1)N1CCNCC1. The molecule has 0 radical (unpaired) electrons. The van der Waals surface area contributed by atoms with Gasteiger partial charge in [0, 0.05) is 58.3 Å². The van der Waals surface area contributed by atoms with Crippen molar-refractivity contribution in [2.45, 2.75) is 57.1 Å². The highest BCUT2D eigenvalue weighted by atomic mass is 16.5. The van der Waals surface area contributed by atoms with Crippen molar-refractivity contribution in [1.29, 1.82) is 0 Å². The number of carbonyl (C=O) groups is 1. The Labute approximate surface area is 134 Å². The van der Waals surface area contributed by atoms with Crippen LogP contribution in [-0.2, 0) is 9.53 Å². The number of rotatable bonds is 6. The first-order valence-corrected chi connectivity index (χ1v) is 9.17. The molecule has 1 unspecified atom stereocenters. The van der Waals surface area contributed by atoms with Crippen molar-refractivity contribution in [2.24, 2.45) is 0 Å². The summed E-state index contributed by atoms with van der Waals surface area (Å²) >= 11 is 0. The lowest BCUT2D eigenvalue weighted by molar-refractivity contribution is -0.132. The molecule has 22 heavy (non-hydrogen) atoms. The summed E-state index contributed by atoms with van der Waals surface area (Å²) in [7, 11) is 0. The van der Waals surface area contributed by atoms with E-state index in [1.54, 1.807) is 0 Å². The summed E-state index contributed by atoms with van der Waals surface area (Å²) in [5, 5.41) is 3.31. The monoisotopic (exact) mass is 309 g/mol. The molecule has 2 aliphatic heterocycles. The van der Waals surface area contributed by atoms with Gasteiger partial charge in [-0.2, -0.15) is 0 Å². The lowest BCUT2D eigenvalue weighted by atomic mass is 10.1. The Morgan fingerprint density at radius 1 is 1.14 bits per heavy atom. The van der Waals surface area contributed by atoms with Gasteiger partial charge < -0.3 is 15.0 Å². The third-order valence-electron chi connectivity index (χ3n) is 5.39. The number of carbonyl (C=O) groups excluding carboxylic acids is 1. The quantitative estimate of drug-likeness (QED) is 0.802. The van der Waals surface area contributed by atoms with Crippen LogP contribution in [0.4, 0.5) is 0 Å². The molecule has 2 heterocycles. The van der Waals surface area contributed by atoms with Crippen LogP contribution in [0.2, 0.25) is 0 Å². The van der Waals surface area contributed by atoms with Gasteiger partial charge in [0.15, 0.2) is 0 Å². The van der Waals surface area contributed by atoms with E-state index in [-0.39, 0.29) is 0 Å². The Hall–Kier alpha value is -0.650. The van der Waals surface area contributed by atoms with Crippen LogP contribution >= 0.6 is 0 Å². The number of hydrogen-bond donors (Lipinski definition) is 1. The molecule has 0 spiro atoms. The van der Waals surface area contributed by atoms with Gasteiger partial charge in [0.2, 0.25) is 5.91 Å². The van der Waals surface area contributed by atoms with Crippen LogP contribution in [0.1, 0.15) is 44.9 Å². The molecule has 3 fully saturated rings. The van der Waals surface area contributed by atoms with Gasteiger partial charge in [-0.05, 0) is 25.7 Å². The van der Waals surface area contributed by atoms with Crippen LogP contribution in [0.5, 0.6) is 0 Å².